The van der Waals surface area contributed by atoms with Crippen molar-refractivity contribution in [3.63, 3.8) is 0 Å². The van der Waals surface area contributed by atoms with Crippen molar-refractivity contribution in [1.82, 2.24) is 10.6 Å². The number of carbonyl (C=O) groups excluding carboxylic acids is 1. The molecule has 1 unspecified atom stereocenters. The van der Waals surface area contributed by atoms with Gasteiger partial charge in [-0.1, -0.05) is 13.8 Å². The van der Waals surface area contributed by atoms with Gasteiger partial charge in [-0.15, -0.1) is 0 Å². The maximum absolute atomic E-state index is 11.7. The standard InChI is InChI=1S/C13H28N2O3/c1-11(12(17)14-7-5-9-18-4)15-10-13(2,3)6-8-16/h11,15-16H,5-10H2,1-4H3,(H,14,17). The first-order valence-corrected chi connectivity index (χ1v) is 6.54. The number of aliphatic hydroxyl groups is 1. The van der Waals surface area contributed by atoms with E-state index in [9.17, 15) is 4.79 Å². The molecule has 0 aromatic heterocycles. The van der Waals surface area contributed by atoms with Gasteiger partial charge in [0.25, 0.3) is 0 Å². The second kappa shape index (κ2) is 9.30. The maximum atomic E-state index is 11.7. The second-order valence-corrected chi connectivity index (χ2v) is 5.38. The number of hydrogen-bond acceptors (Lipinski definition) is 4. The van der Waals surface area contributed by atoms with Crippen LogP contribution in [0.25, 0.3) is 0 Å². The van der Waals surface area contributed by atoms with E-state index in [1.165, 1.54) is 0 Å². The van der Waals surface area contributed by atoms with Gasteiger partial charge >= 0.3 is 0 Å². The number of methoxy groups -OCH3 is 1. The Labute approximate surface area is 110 Å². The number of aliphatic hydroxyl groups excluding tert-OH is 1. The van der Waals surface area contributed by atoms with E-state index >= 15 is 0 Å². The second-order valence-electron chi connectivity index (χ2n) is 5.38. The predicted octanol–water partition coefficient (Wildman–Crippen LogP) is 0.526. The molecule has 1 atom stereocenters. The van der Waals surface area contributed by atoms with Crippen LogP contribution >= 0.6 is 0 Å². The molecule has 0 fully saturated rings. The summed E-state index contributed by atoms with van der Waals surface area (Å²) in [7, 11) is 1.65. The Bertz CT molecular complexity index is 232. The highest BCUT2D eigenvalue weighted by Gasteiger charge is 2.20. The predicted molar refractivity (Wildman–Crippen MR) is 72.5 cm³/mol. The average Bonchev–Trinajstić information content (AvgIpc) is 2.31. The third-order valence-electron chi connectivity index (χ3n) is 2.89. The van der Waals surface area contributed by atoms with Crippen molar-refractivity contribution in [2.24, 2.45) is 5.41 Å². The van der Waals surface area contributed by atoms with Crippen LogP contribution in [0.2, 0.25) is 0 Å². The summed E-state index contributed by atoms with van der Waals surface area (Å²) < 4.78 is 4.91. The lowest BCUT2D eigenvalue weighted by Gasteiger charge is -2.26. The molecule has 0 radical (unpaired) electrons. The zero-order chi connectivity index (χ0) is 14.0. The Balaban J connectivity index is 3.80. The highest BCUT2D eigenvalue weighted by Crippen LogP contribution is 2.18. The first-order chi connectivity index (χ1) is 8.43. The zero-order valence-corrected chi connectivity index (χ0v) is 12.1. The largest absolute Gasteiger partial charge is 0.396 e. The van der Waals surface area contributed by atoms with Crippen molar-refractivity contribution < 1.29 is 14.6 Å². The minimum absolute atomic E-state index is 0.000654. The lowest BCUT2D eigenvalue weighted by atomic mass is 9.89. The van der Waals surface area contributed by atoms with Gasteiger partial charge < -0.3 is 20.5 Å². The molecule has 0 aliphatic rings. The van der Waals surface area contributed by atoms with E-state index in [0.29, 0.717) is 19.7 Å². The summed E-state index contributed by atoms with van der Waals surface area (Å²) in [5.74, 6) is 0.00546. The number of nitrogens with one attached hydrogen (secondary N) is 2. The van der Waals surface area contributed by atoms with Crippen molar-refractivity contribution in [3.05, 3.63) is 0 Å². The first kappa shape index (κ1) is 17.4. The fourth-order valence-electron chi connectivity index (χ4n) is 1.49. The number of hydrogen-bond donors (Lipinski definition) is 3. The Kier molecular flexibility index (Phi) is 8.97. The summed E-state index contributed by atoms with van der Waals surface area (Å²) in [4.78, 5) is 11.7. The maximum Gasteiger partial charge on any atom is 0.236 e. The van der Waals surface area contributed by atoms with Crippen LogP contribution in [-0.4, -0.2) is 50.5 Å². The van der Waals surface area contributed by atoms with Crippen LogP contribution < -0.4 is 10.6 Å². The van der Waals surface area contributed by atoms with E-state index in [2.05, 4.69) is 24.5 Å². The molecule has 108 valence electrons. The molecule has 3 N–H and O–H groups in total. The number of rotatable bonds is 10. The van der Waals surface area contributed by atoms with Gasteiger partial charge in [-0.2, -0.15) is 0 Å². The normalized spacial score (nSPS) is 13.4. The molecule has 0 rings (SSSR count). The van der Waals surface area contributed by atoms with Crippen molar-refractivity contribution in [1.29, 1.82) is 0 Å². The van der Waals surface area contributed by atoms with Crippen LogP contribution in [0.4, 0.5) is 0 Å². The molecule has 0 saturated carbocycles. The molecule has 0 spiro atoms. The van der Waals surface area contributed by atoms with Gasteiger partial charge in [-0.25, -0.2) is 0 Å². The molecule has 0 aliphatic heterocycles. The van der Waals surface area contributed by atoms with Gasteiger partial charge in [0.1, 0.15) is 0 Å². The minimum Gasteiger partial charge on any atom is -0.396 e. The van der Waals surface area contributed by atoms with Crippen LogP contribution in [0.5, 0.6) is 0 Å². The van der Waals surface area contributed by atoms with E-state index in [1.807, 2.05) is 6.92 Å². The molecule has 18 heavy (non-hydrogen) atoms. The molecule has 0 aliphatic carbocycles. The molecule has 1 amide bonds. The van der Waals surface area contributed by atoms with Crippen molar-refractivity contribution in [2.75, 3.05) is 33.4 Å². The van der Waals surface area contributed by atoms with E-state index in [1.54, 1.807) is 7.11 Å². The molecule has 0 aromatic rings. The third kappa shape index (κ3) is 8.44. The highest BCUT2D eigenvalue weighted by atomic mass is 16.5. The monoisotopic (exact) mass is 260 g/mol. The summed E-state index contributed by atoms with van der Waals surface area (Å²) in [5, 5.41) is 15.0. The van der Waals surface area contributed by atoms with Crippen LogP contribution in [0.3, 0.4) is 0 Å². The van der Waals surface area contributed by atoms with E-state index in [-0.39, 0.29) is 24.0 Å². The van der Waals surface area contributed by atoms with Gasteiger partial charge in [-0.05, 0) is 25.2 Å². The molecule has 0 saturated heterocycles. The van der Waals surface area contributed by atoms with E-state index in [4.69, 9.17) is 9.84 Å². The SMILES string of the molecule is COCCCNC(=O)C(C)NCC(C)(C)CCO. The molecule has 5 nitrogen and oxygen atoms in total. The first-order valence-electron chi connectivity index (χ1n) is 6.54. The van der Waals surface area contributed by atoms with Crippen LogP contribution in [-0.2, 0) is 9.53 Å². The van der Waals surface area contributed by atoms with Gasteiger partial charge in [0.2, 0.25) is 5.91 Å². The van der Waals surface area contributed by atoms with Crippen molar-refractivity contribution in [2.45, 2.75) is 39.7 Å². The average molecular weight is 260 g/mol. The van der Waals surface area contributed by atoms with Crippen molar-refractivity contribution >= 4 is 5.91 Å². The van der Waals surface area contributed by atoms with Gasteiger partial charge in [0.15, 0.2) is 0 Å². The van der Waals surface area contributed by atoms with Gasteiger partial charge in [-0.3, -0.25) is 4.79 Å². The van der Waals surface area contributed by atoms with E-state index in [0.717, 1.165) is 12.8 Å². The summed E-state index contributed by atoms with van der Waals surface area (Å²) in [6.45, 7) is 8.16. The number of amides is 1. The summed E-state index contributed by atoms with van der Waals surface area (Å²) >= 11 is 0. The zero-order valence-electron chi connectivity index (χ0n) is 12.1. The Morgan fingerprint density at radius 1 is 1.44 bits per heavy atom. The summed E-state index contributed by atoms with van der Waals surface area (Å²) in [6, 6.07) is -0.217. The molecule has 0 heterocycles. The van der Waals surface area contributed by atoms with Gasteiger partial charge in [0, 0.05) is 33.4 Å². The number of ether oxygens (including phenoxy) is 1. The Morgan fingerprint density at radius 2 is 2.11 bits per heavy atom. The van der Waals surface area contributed by atoms with E-state index < -0.39 is 0 Å². The highest BCUT2D eigenvalue weighted by molar-refractivity contribution is 5.81. The Morgan fingerprint density at radius 3 is 2.67 bits per heavy atom. The summed E-state index contributed by atoms with van der Waals surface area (Å²) in [6.07, 6.45) is 1.55. The molecule has 0 aromatic carbocycles. The quantitative estimate of drug-likeness (QED) is 0.501. The molecular formula is C13H28N2O3. The molecule has 0 bridgehead atoms. The van der Waals surface area contributed by atoms with Gasteiger partial charge in [0.05, 0.1) is 6.04 Å². The fraction of sp³-hybridized carbons (Fsp3) is 0.923. The van der Waals surface area contributed by atoms with Crippen molar-refractivity contribution in [3.8, 4) is 0 Å². The topological polar surface area (TPSA) is 70.6 Å². The van der Waals surface area contributed by atoms with Crippen LogP contribution in [0.1, 0.15) is 33.6 Å². The lowest BCUT2D eigenvalue weighted by molar-refractivity contribution is -0.122. The third-order valence-corrected chi connectivity index (χ3v) is 2.89. The molecular weight excluding hydrogens is 232 g/mol. The van der Waals surface area contributed by atoms with Crippen LogP contribution in [0, 0.1) is 5.41 Å². The smallest absolute Gasteiger partial charge is 0.236 e. The number of carbonyl (C=O) groups is 1. The minimum atomic E-state index is -0.217. The molecule has 5 heteroatoms. The van der Waals surface area contributed by atoms with Crippen LogP contribution in [0.15, 0.2) is 0 Å². The fourth-order valence-corrected chi connectivity index (χ4v) is 1.49. The lowest BCUT2D eigenvalue weighted by Crippen LogP contribution is -2.45. The summed E-state index contributed by atoms with van der Waals surface area (Å²) in [5.41, 5.74) is -0.000654. The Hall–Kier alpha value is -0.650.